The van der Waals surface area contributed by atoms with Crippen molar-refractivity contribution in [3.05, 3.63) is 30.1 Å². The summed E-state index contributed by atoms with van der Waals surface area (Å²) in [5.41, 5.74) is 0.606. The molecule has 2 amide bonds. The molecule has 2 bridgehead atoms. The average molecular weight is 382 g/mol. The smallest absolute Gasteiger partial charge is 0.244 e. The molecule has 0 spiro atoms. The van der Waals surface area contributed by atoms with Gasteiger partial charge in [0.2, 0.25) is 11.8 Å². The molecule has 5 rings (SSSR count). The Morgan fingerprint density at radius 2 is 2.18 bits per heavy atom. The second-order valence-electron chi connectivity index (χ2n) is 8.64. The summed E-state index contributed by atoms with van der Waals surface area (Å²) in [4.78, 5) is 31.4. The second kappa shape index (κ2) is 6.28. The first-order valence-corrected chi connectivity index (χ1v) is 10.0. The molecule has 3 saturated heterocycles. The fourth-order valence-corrected chi connectivity index (χ4v) is 5.40. The van der Waals surface area contributed by atoms with E-state index in [0.29, 0.717) is 31.1 Å². The van der Waals surface area contributed by atoms with Gasteiger partial charge in [-0.15, -0.1) is 0 Å². The van der Waals surface area contributed by atoms with Crippen molar-refractivity contribution in [3.63, 3.8) is 0 Å². The number of amides is 2. The maximum absolute atomic E-state index is 13.6. The van der Waals surface area contributed by atoms with Crippen molar-refractivity contribution in [2.75, 3.05) is 18.0 Å². The molecule has 1 aromatic carbocycles. The van der Waals surface area contributed by atoms with Gasteiger partial charge in [-0.25, -0.2) is 4.39 Å². The van der Waals surface area contributed by atoms with Crippen molar-refractivity contribution >= 4 is 17.5 Å². The minimum Gasteiger partial charge on any atom is -0.323 e. The number of carbonyl (C=O) groups is 2. The van der Waals surface area contributed by atoms with Gasteiger partial charge in [-0.2, -0.15) is 5.26 Å². The number of likely N-dealkylation sites (tertiary alicyclic amines) is 2. The highest BCUT2D eigenvalue weighted by Crippen LogP contribution is 2.48. The summed E-state index contributed by atoms with van der Waals surface area (Å²) in [6, 6.07) is 8.15. The van der Waals surface area contributed by atoms with Gasteiger partial charge in [-0.3, -0.25) is 14.5 Å². The Bertz CT molecular complexity index is 883. The summed E-state index contributed by atoms with van der Waals surface area (Å²) in [6.45, 7) is 3.11. The van der Waals surface area contributed by atoms with E-state index in [9.17, 15) is 19.2 Å². The predicted octanol–water partition coefficient (Wildman–Crippen LogP) is 1.76. The van der Waals surface area contributed by atoms with E-state index in [1.165, 1.54) is 12.1 Å². The Morgan fingerprint density at radius 3 is 2.89 bits per heavy atom. The van der Waals surface area contributed by atoms with Gasteiger partial charge in [0.05, 0.1) is 18.2 Å². The van der Waals surface area contributed by atoms with Gasteiger partial charge in [-0.1, -0.05) is 13.0 Å². The number of hydrogen-bond acceptors (Lipinski definition) is 4. The van der Waals surface area contributed by atoms with E-state index >= 15 is 0 Å². The third kappa shape index (κ3) is 2.62. The van der Waals surface area contributed by atoms with Crippen LogP contribution in [0.1, 0.15) is 26.2 Å². The number of piperidine rings is 1. The van der Waals surface area contributed by atoms with E-state index < -0.39 is 0 Å². The molecule has 0 N–H and O–H groups in total. The number of rotatable bonds is 4. The van der Waals surface area contributed by atoms with Crippen LogP contribution in [0.5, 0.6) is 0 Å². The molecule has 7 heteroatoms. The van der Waals surface area contributed by atoms with Crippen LogP contribution in [0.4, 0.5) is 10.1 Å². The zero-order valence-corrected chi connectivity index (χ0v) is 15.8. The van der Waals surface area contributed by atoms with Crippen LogP contribution in [0.3, 0.4) is 0 Å². The van der Waals surface area contributed by atoms with Gasteiger partial charge in [0.25, 0.3) is 0 Å². The van der Waals surface area contributed by atoms with Gasteiger partial charge in [0, 0.05) is 30.7 Å². The molecule has 6 atom stereocenters. The van der Waals surface area contributed by atoms with Crippen molar-refractivity contribution in [1.29, 1.82) is 5.26 Å². The molecule has 1 aliphatic carbocycles. The molecule has 3 heterocycles. The number of benzene rings is 1. The Balaban J connectivity index is 1.25. The fourth-order valence-electron chi connectivity index (χ4n) is 5.40. The molecule has 6 nitrogen and oxygen atoms in total. The molecule has 0 radical (unpaired) electrons. The van der Waals surface area contributed by atoms with E-state index in [4.69, 9.17) is 0 Å². The van der Waals surface area contributed by atoms with E-state index in [0.717, 1.165) is 12.8 Å². The summed E-state index contributed by atoms with van der Waals surface area (Å²) >= 11 is 0. The normalized spacial score (nSPS) is 34.5. The van der Waals surface area contributed by atoms with Gasteiger partial charge in [0.15, 0.2) is 0 Å². The Labute approximate surface area is 163 Å². The highest BCUT2D eigenvalue weighted by molar-refractivity contribution is 6.01. The van der Waals surface area contributed by atoms with E-state index in [1.807, 2.05) is 6.92 Å². The lowest BCUT2D eigenvalue weighted by atomic mass is 10.1. The van der Waals surface area contributed by atoms with E-state index in [1.54, 1.807) is 21.9 Å². The fraction of sp³-hybridized carbons (Fsp3) is 0.571. The zero-order chi connectivity index (χ0) is 19.6. The maximum atomic E-state index is 13.6. The van der Waals surface area contributed by atoms with Crippen molar-refractivity contribution in [2.24, 2.45) is 11.8 Å². The van der Waals surface area contributed by atoms with E-state index in [-0.39, 0.29) is 47.7 Å². The van der Waals surface area contributed by atoms with Crippen LogP contribution in [0.25, 0.3) is 0 Å². The highest BCUT2D eigenvalue weighted by Gasteiger charge is 2.55. The summed E-state index contributed by atoms with van der Waals surface area (Å²) in [6.07, 6.45) is 2.53. The number of halogens is 1. The van der Waals surface area contributed by atoms with Crippen molar-refractivity contribution in [2.45, 2.75) is 50.4 Å². The molecular formula is C21H23FN4O2. The monoisotopic (exact) mass is 382 g/mol. The standard InChI is InChI=1S/C21H23FN4O2/c1-12(20(27)26-16(9-23)5-13-6-18(13)26)10-24-11-17-8-19(24)21(28)25(17)15-4-2-3-14(22)7-15/h2-4,7,12-13,16-19H,5-6,8,10-11H2,1H3/t12-,13+,16-,17+,18?,19+/m0/s1. The topological polar surface area (TPSA) is 67.7 Å². The molecule has 28 heavy (non-hydrogen) atoms. The summed E-state index contributed by atoms with van der Waals surface area (Å²) in [5.74, 6) is -0.0660. The number of piperazine rings is 1. The summed E-state index contributed by atoms with van der Waals surface area (Å²) in [7, 11) is 0. The summed E-state index contributed by atoms with van der Waals surface area (Å²) < 4.78 is 13.6. The second-order valence-corrected chi connectivity index (χ2v) is 8.64. The molecule has 1 unspecified atom stereocenters. The predicted molar refractivity (Wildman–Crippen MR) is 99.6 cm³/mol. The van der Waals surface area contributed by atoms with Crippen molar-refractivity contribution < 1.29 is 14.0 Å². The molecule has 1 aromatic rings. The van der Waals surface area contributed by atoms with Crippen molar-refractivity contribution in [3.8, 4) is 6.07 Å². The largest absolute Gasteiger partial charge is 0.323 e. The first-order valence-electron chi connectivity index (χ1n) is 10.0. The van der Waals surface area contributed by atoms with Gasteiger partial charge in [-0.05, 0) is 43.4 Å². The average Bonchev–Trinajstić information content (AvgIpc) is 3.01. The number of carbonyl (C=O) groups excluding carboxylic acids is 2. The third-order valence-electron chi connectivity index (χ3n) is 6.79. The molecule has 1 saturated carbocycles. The quantitative estimate of drug-likeness (QED) is 0.796. The van der Waals surface area contributed by atoms with Crippen molar-refractivity contribution in [1.82, 2.24) is 9.80 Å². The molecule has 3 aliphatic heterocycles. The number of nitrogens with zero attached hydrogens (tertiary/aromatic N) is 4. The van der Waals surface area contributed by atoms with Crippen LogP contribution in [-0.4, -0.2) is 58.9 Å². The molecule has 0 aromatic heterocycles. The maximum Gasteiger partial charge on any atom is 0.244 e. The molecule has 4 fully saturated rings. The number of anilines is 1. The lowest BCUT2D eigenvalue weighted by Crippen LogP contribution is -2.53. The number of hydrogen-bond donors (Lipinski definition) is 0. The first-order chi connectivity index (χ1) is 13.5. The van der Waals surface area contributed by atoms with Gasteiger partial charge < -0.3 is 9.80 Å². The van der Waals surface area contributed by atoms with Crippen LogP contribution in [0.2, 0.25) is 0 Å². The van der Waals surface area contributed by atoms with Gasteiger partial charge >= 0.3 is 0 Å². The van der Waals surface area contributed by atoms with Gasteiger partial charge in [0.1, 0.15) is 11.9 Å². The van der Waals surface area contributed by atoms with Crippen LogP contribution in [-0.2, 0) is 9.59 Å². The van der Waals surface area contributed by atoms with E-state index in [2.05, 4.69) is 11.0 Å². The highest BCUT2D eigenvalue weighted by atomic mass is 19.1. The number of nitriles is 1. The first kappa shape index (κ1) is 17.6. The van der Waals surface area contributed by atoms with Crippen LogP contribution >= 0.6 is 0 Å². The van der Waals surface area contributed by atoms with Crippen LogP contribution < -0.4 is 4.90 Å². The molecular weight excluding hydrogens is 359 g/mol. The lowest BCUT2D eigenvalue weighted by molar-refractivity contribution is -0.137. The minimum atomic E-state index is -0.347. The Morgan fingerprint density at radius 1 is 1.36 bits per heavy atom. The van der Waals surface area contributed by atoms with Crippen LogP contribution in [0, 0.1) is 29.0 Å². The third-order valence-corrected chi connectivity index (χ3v) is 6.79. The van der Waals surface area contributed by atoms with Crippen LogP contribution in [0.15, 0.2) is 24.3 Å². The minimum absolute atomic E-state index is 0.0140. The molecule has 4 aliphatic rings. The number of fused-ring (bicyclic) bond motifs is 3. The SMILES string of the molecule is C[C@@H](CN1C[C@H]2C[C@@H]1C(=O)N2c1cccc(F)c1)C(=O)N1C2C[C@H]2C[C@H]1C#N. The Kier molecular flexibility index (Phi) is 3.95. The zero-order valence-electron chi connectivity index (χ0n) is 15.8. The lowest BCUT2D eigenvalue weighted by Gasteiger charge is -2.35. The molecule has 146 valence electrons. The Hall–Kier alpha value is -2.46. The summed E-state index contributed by atoms with van der Waals surface area (Å²) in [5, 5.41) is 9.34.